The first-order valence-corrected chi connectivity index (χ1v) is 10.4. The van der Waals surface area contributed by atoms with Crippen LogP contribution in [-0.2, 0) is 0 Å². The summed E-state index contributed by atoms with van der Waals surface area (Å²) in [6, 6.07) is 3.62. The van der Waals surface area contributed by atoms with Crippen LogP contribution in [0.2, 0.25) is 18.1 Å². The van der Waals surface area contributed by atoms with Crippen LogP contribution in [0.1, 0.15) is 38.6 Å². The molecule has 0 aliphatic carbocycles. The molecule has 1 rings (SSSR count). The van der Waals surface area contributed by atoms with Gasteiger partial charge in [0.15, 0.2) is 0 Å². The van der Waals surface area contributed by atoms with E-state index in [0.717, 1.165) is 6.42 Å². The topological polar surface area (TPSA) is 22.1 Å². The Morgan fingerprint density at radius 2 is 1.95 bits per heavy atom. The maximum Gasteiger partial charge on any atom is 0.138 e. The molecule has 116 valence electrons. The van der Waals surface area contributed by atoms with E-state index in [1.165, 1.54) is 0 Å². The normalized spacial score (nSPS) is 11.1. The summed E-state index contributed by atoms with van der Waals surface area (Å²) in [6.07, 6.45) is 8.08. The van der Waals surface area contributed by atoms with Gasteiger partial charge in [-0.25, -0.2) is 4.98 Å². The van der Waals surface area contributed by atoms with Gasteiger partial charge < -0.3 is 4.74 Å². The van der Waals surface area contributed by atoms with Crippen LogP contribution in [0.5, 0.6) is 5.75 Å². The highest BCUT2D eigenvalue weighted by atomic mass is 28.3. The average molecular weight is 312 g/mol. The molecule has 0 saturated carbocycles. The molecule has 3 heteroatoms. The molecule has 0 N–H and O–H groups in total. The molecule has 0 aromatic carbocycles. The number of rotatable bonds is 4. The van der Waals surface area contributed by atoms with E-state index in [1.54, 1.807) is 6.07 Å². The first-order chi connectivity index (χ1) is 10.2. The summed E-state index contributed by atoms with van der Waals surface area (Å²) in [4.78, 5) is 4.38. The lowest BCUT2D eigenvalue weighted by Crippen LogP contribution is -2.35. The fourth-order valence-corrected chi connectivity index (χ4v) is 2.21. The number of aromatic nitrogens is 1. The van der Waals surface area contributed by atoms with Gasteiger partial charge in [-0.05, 0) is 11.5 Å². The van der Waals surface area contributed by atoms with Gasteiger partial charge in [0.05, 0.1) is 6.61 Å². The highest BCUT2D eigenvalue weighted by Gasteiger charge is 2.33. The van der Waals surface area contributed by atoms with Crippen LogP contribution in [-0.4, -0.2) is 19.7 Å². The molecule has 0 atom stereocenters. The average Bonchev–Trinajstić information content (AvgIpc) is 2.44. The minimum atomic E-state index is -1.67. The summed E-state index contributed by atoms with van der Waals surface area (Å²) in [5, 5.41) is 0.215. The van der Waals surface area contributed by atoms with E-state index in [9.17, 15) is 0 Å². The molecule has 0 saturated heterocycles. The Labute approximate surface area is 136 Å². The minimum Gasteiger partial charge on any atom is -0.493 e. The Morgan fingerprint density at radius 3 is 2.50 bits per heavy atom. The molecule has 1 heterocycles. The third-order valence-corrected chi connectivity index (χ3v) is 8.42. The van der Waals surface area contributed by atoms with E-state index in [2.05, 4.69) is 62.8 Å². The van der Waals surface area contributed by atoms with Crippen molar-refractivity contribution < 1.29 is 4.74 Å². The van der Waals surface area contributed by atoms with Gasteiger partial charge in [0.2, 0.25) is 0 Å². The molecular weight excluding hydrogens is 286 g/mol. The SMILES string of the molecule is C#Cc1cc(OCCC=C)cc(C#C[Si](C)(C)C(C)(C)C)n1. The summed E-state index contributed by atoms with van der Waals surface area (Å²) < 4.78 is 5.67. The zero-order valence-electron chi connectivity index (χ0n) is 14.3. The predicted octanol–water partition coefficient (Wildman–Crippen LogP) is 4.42. The summed E-state index contributed by atoms with van der Waals surface area (Å²) >= 11 is 0. The monoisotopic (exact) mass is 311 g/mol. The van der Waals surface area contributed by atoms with Gasteiger partial charge in [-0.3, -0.25) is 0 Å². The summed E-state index contributed by atoms with van der Waals surface area (Å²) in [6.45, 7) is 15.5. The quantitative estimate of drug-likeness (QED) is 0.355. The fourth-order valence-electron chi connectivity index (χ4n) is 1.39. The van der Waals surface area contributed by atoms with E-state index in [0.29, 0.717) is 23.7 Å². The van der Waals surface area contributed by atoms with Crippen molar-refractivity contribution in [3.8, 4) is 29.6 Å². The van der Waals surface area contributed by atoms with E-state index in [-0.39, 0.29) is 5.04 Å². The van der Waals surface area contributed by atoms with Crippen molar-refractivity contribution in [2.24, 2.45) is 0 Å². The molecular formula is C19H25NOSi. The molecule has 0 bridgehead atoms. The van der Waals surface area contributed by atoms with Crippen molar-refractivity contribution in [1.82, 2.24) is 4.98 Å². The number of ether oxygens (including phenoxy) is 1. The smallest absolute Gasteiger partial charge is 0.138 e. The molecule has 0 aliphatic heterocycles. The Hall–Kier alpha value is -1.97. The molecule has 0 aliphatic rings. The zero-order valence-corrected chi connectivity index (χ0v) is 15.3. The Balaban J connectivity index is 3.08. The molecule has 0 fully saturated rings. The molecule has 1 aromatic rings. The van der Waals surface area contributed by atoms with Crippen molar-refractivity contribution in [2.75, 3.05) is 6.61 Å². The summed E-state index contributed by atoms with van der Waals surface area (Å²) in [7, 11) is -1.67. The zero-order chi connectivity index (χ0) is 16.8. The number of pyridine rings is 1. The van der Waals surface area contributed by atoms with Crippen molar-refractivity contribution >= 4 is 8.07 Å². The molecule has 0 amide bonds. The van der Waals surface area contributed by atoms with Crippen molar-refractivity contribution in [3.63, 3.8) is 0 Å². The second-order valence-electron chi connectivity index (χ2n) is 6.77. The molecule has 22 heavy (non-hydrogen) atoms. The van der Waals surface area contributed by atoms with Gasteiger partial charge in [-0.1, -0.05) is 51.8 Å². The first kappa shape index (κ1) is 18.1. The van der Waals surface area contributed by atoms with E-state index < -0.39 is 8.07 Å². The lowest BCUT2D eigenvalue weighted by molar-refractivity contribution is 0.324. The first-order valence-electron chi connectivity index (χ1n) is 7.45. The largest absolute Gasteiger partial charge is 0.493 e. The van der Waals surface area contributed by atoms with Crippen LogP contribution >= 0.6 is 0 Å². The van der Waals surface area contributed by atoms with E-state index in [1.807, 2.05) is 12.1 Å². The summed E-state index contributed by atoms with van der Waals surface area (Å²) in [5.74, 6) is 6.47. The van der Waals surface area contributed by atoms with Gasteiger partial charge in [-0.15, -0.1) is 18.5 Å². The second kappa shape index (κ2) is 7.34. The van der Waals surface area contributed by atoms with Crippen LogP contribution in [0.25, 0.3) is 0 Å². The molecule has 0 spiro atoms. The second-order valence-corrected chi connectivity index (χ2v) is 11.8. The number of hydrogen-bond acceptors (Lipinski definition) is 2. The Kier molecular flexibility index (Phi) is 6.03. The van der Waals surface area contributed by atoms with Gasteiger partial charge in [0.1, 0.15) is 25.2 Å². The van der Waals surface area contributed by atoms with Crippen LogP contribution in [0.3, 0.4) is 0 Å². The number of terminal acetylenes is 1. The highest BCUT2D eigenvalue weighted by molar-refractivity contribution is 6.87. The fraction of sp³-hybridized carbons (Fsp3) is 0.421. The Bertz CT molecular complexity index is 636. The lowest BCUT2D eigenvalue weighted by atomic mass is 10.2. The van der Waals surface area contributed by atoms with Gasteiger partial charge in [0.25, 0.3) is 0 Å². The molecule has 1 aromatic heterocycles. The molecule has 2 nitrogen and oxygen atoms in total. The highest BCUT2D eigenvalue weighted by Crippen LogP contribution is 2.35. The number of nitrogens with zero attached hydrogens (tertiary/aromatic N) is 1. The number of hydrogen-bond donors (Lipinski definition) is 0. The van der Waals surface area contributed by atoms with E-state index in [4.69, 9.17) is 11.2 Å². The Morgan fingerprint density at radius 1 is 1.32 bits per heavy atom. The van der Waals surface area contributed by atoms with Crippen molar-refractivity contribution in [1.29, 1.82) is 0 Å². The van der Waals surface area contributed by atoms with Gasteiger partial charge in [-0.2, -0.15) is 0 Å². The third kappa shape index (κ3) is 5.10. The van der Waals surface area contributed by atoms with Crippen LogP contribution < -0.4 is 4.74 Å². The van der Waals surface area contributed by atoms with Crippen LogP contribution in [0.15, 0.2) is 24.8 Å². The van der Waals surface area contributed by atoms with Crippen molar-refractivity contribution in [3.05, 3.63) is 36.2 Å². The maximum atomic E-state index is 5.67. The molecule has 0 radical (unpaired) electrons. The van der Waals surface area contributed by atoms with Crippen LogP contribution in [0.4, 0.5) is 0 Å². The van der Waals surface area contributed by atoms with Crippen LogP contribution in [0, 0.1) is 23.8 Å². The van der Waals surface area contributed by atoms with Crippen molar-refractivity contribution in [2.45, 2.75) is 45.3 Å². The predicted molar refractivity (Wildman–Crippen MR) is 96.6 cm³/mol. The maximum absolute atomic E-state index is 5.67. The molecule has 0 unspecified atom stereocenters. The standard InChI is InChI=1S/C19H25NOSi/c1-8-10-12-21-18-14-16(9-2)20-17(15-18)11-13-22(6,7)19(3,4)5/h2,8,14-15H,1,10,12H2,3-7H3. The minimum absolute atomic E-state index is 0.215. The van der Waals surface area contributed by atoms with Gasteiger partial charge in [0, 0.05) is 12.1 Å². The summed E-state index contributed by atoms with van der Waals surface area (Å²) in [5.41, 5.74) is 4.67. The van der Waals surface area contributed by atoms with E-state index >= 15 is 0 Å². The third-order valence-electron chi connectivity index (χ3n) is 3.92. The van der Waals surface area contributed by atoms with Gasteiger partial charge >= 0.3 is 0 Å². The lowest BCUT2D eigenvalue weighted by Gasteiger charge is -2.31.